The fourth-order valence-electron chi connectivity index (χ4n) is 1.28. The molecule has 0 aliphatic rings. The topological polar surface area (TPSA) is 58.6 Å². The van der Waals surface area contributed by atoms with Gasteiger partial charge < -0.3 is 15.2 Å². The number of ether oxygens (including phenoxy) is 1. The van der Waals surface area contributed by atoms with Gasteiger partial charge in [-0.05, 0) is 37.4 Å². The summed E-state index contributed by atoms with van der Waals surface area (Å²) >= 11 is 1.66. The minimum atomic E-state index is -1.52. The van der Waals surface area contributed by atoms with Crippen LogP contribution in [-0.4, -0.2) is 36.6 Å². The Labute approximate surface area is 105 Å². The standard InChI is InChI=1S/C12H17NO3S/c1-12(15,11(14)16-2)8-13-9-4-6-10(17-3)7-5-9/h4-7,13,15H,8H2,1-3H3. The van der Waals surface area contributed by atoms with Crippen LogP contribution in [0.15, 0.2) is 29.2 Å². The summed E-state index contributed by atoms with van der Waals surface area (Å²) < 4.78 is 4.51. The van der Waals surface area contributed by atoms with Crippen molar-refractivity contribution < 1.29 is 14.6 Å². The first kappa shape index (κ1) is 13.9. The SMILES string of the molecule is COC(=O)C(C)(O)CNc1ccc(SC)cc1. The molecule has 4 nitrogen and oxygen atoms in total. The zero-order valence-electron chi connectivity index (χ0n) is 10.2. The van der Waals surface area contributed by atoms with Crippen molar-refractivity contribution in [2.75, 3.05) is 25.2 Å². The predicted octanol–water partition coefficient (Wildman–Crippen LogP) is 1.74. The Bertz CT molecular complexity index is 376. The molecule has 0 spiro atoms. The number of anilines is 1. The first-order chi connectivity index (χ1) is 7.99. The number of hydrogen-bond acceptors (Lipinski definition) is 5. The summed E-state index contributed by atoms with van der Waals surface area (Å²) in [7, 11) is 1.25. The second kappa shape index (κ2) is 5.93. The van der Waals surface area contributed by atoms with Crippen molar-refractivity contribution in [3.05, 3.63) is 24.3 Å². The number of thioether (sulfide) groups is 1. The van der Waals surface area contributed by atoms with Crippen molar-refractivity contribution in [1.82, 2.24) is 0 Å². The molecule has 0 heterocycles. The third kappa shape index (κ3) is 3.94. The van der Waals surface area contributed by atoms with Gasteiger partial charge in [0.25, 0.3) is 0 Å². The smallest absolute Gasteiger partial charge is 0.339 e. The van der Waals surface area contributed by atoms with E-state index in [1.807, 2.05) is 30.5 Å². The third-order valence-electron chi connectivity index (χ3n) is 2.35. The number of carbonyl (C=O) groups is 1. The van der Waals surface area contributed by atoms with E-state index in [9.17, 15) is 9.90 Å². The van der Waals surface area contributed by atoms with Crippen molar-refractivity contribution in [3.8, 4) is 0 Å². The average Bonchev–Trinajstić information content (AvgIpc) is 2.36. The molecule has 0 bridgehead atoms. The van der Waals surface area contributed by atoms with Crippen molar-refractivity contribution in [3.63, 3.8) is 0 Å². The maximum Gasteiger partial charge on any atom is 0.339 e. The zero-order chi connectivity index (χ0) is 12.9. The lowest BCUT2D eigenvalue weighted by atomic mass is 10.1. The van der Waals surface area contributed by atoms with Crippen LogP contribution in [0.5, 0.6) is 0 Å². The molecule has 2 N–H and O–H groups in total. The van der Waals surface area contributed by atoms with Crippen LogP contribution in [0.25, 0.3) is 0 Å². The molecule has 17 heavy (non-hydrogen) atoms. The number of methoxy groups -OCH3 is 1. The molecule has 1 aromatic rings. The van der Waals surface area contributed by atoms with Crippen LogP contribution in [0, 0.1) is 0 Å². The van der Waals surface area contributed by atoms with E-state index in [2.05, 4.69) is 10.1 Å². The molecular formula is C12H17NO3S. The first-order valence-electron chi connectivity index (χ1n) is 5.18. The van der Waals surface area contributed by atoms with Crippen molar-refractivity contribution in [1.29, 1.82) is 0 Å². The second-order valence-corrected chi connectivity index (χ2v) is 4.73. The molecule has 0 aliphatic carbocycles. The molecule has 0 radical (unpaired) electrons. The molecule has 1 rings (SSSR count). The van der Waals surface area contributed by atoms with E-state index in [1.54, 1.807) is 11.8 Å². The van der Waals surface area contributed by atoms with Gasteiger partial charge in [0.2, 0.25) is 0 Å². The van der Waals surface area contributed by atoms with E-state index >= 15 is 0 Å². The lowest BCUT2D eigenvalue weighted by Crippen LogP contribution is -2.42. The summed E-state index contributed by atoms with van der Waals surface area (Å²) in [4.78, 5) is 12.4. The fraction of sp³-hybridized carbons (Fsp3) is 0.417. The van der Waals surface area contributed by atoms with Crippen LogP contribution in [0.3, 0.4) is 0 Å². The number of nitrogens with one attached hydrogen (secondary N) is 1. The van der Waals surface area contributed by atoms with Crippen LogP contribution in [-0.2, 0) is 9.53 Å². The molecular weight excluding hydrogens is 238 g/mol. The summed E-state index contributed by atoms with van der Waals surface area (Å²) in [6, 6.07) is 7.75. The fourth-order valence-corrected chi connectivity index (χ4v) is 1.68. The van der Waals surface area contributed by atoms with E-state index < -0.39 is 11.6 Å². The monoisotopic (exact) mass is 255 g/mol. The van der Waals surface area contributed by atoms with E-state index in [1.165, 1.54) is 14.0 Å². The first-order valence-corrected chi connectivity index (χ1v) is 6.41. The van der Waals surface area contributed by atoms with E-state index in [0.717, 1.165) is 10.6 Å². The summed E-state index contributed by atoms with van der Waals surface area (Å²) in [6.45, 7) is 1.53. The summed E-state index contributed by atoms with van der Waals surface area (Å²) in [5.41, 5.74) is -0.667. The van der Waals surface area contributed by atoms with Crippen LogP contribution in [0.1, 0.15) is 6.92 Å². The molecule has 1 atom stereocenters. The Morgan fingerprint density at radius 1 is 1.47 bits per heavy atom. The molecule has 0 fully saturated rings. The van der Waals surface area contributed by atoms with Gasteiger partial charge in [-0.15, -0.1) is 11.8 Å². The van der Waals surface area contributed by atoms with Gasteiger partial charge in [-0.25, -0.2) is 4.79 Å². The number of esters is 1. The van der Waals surface area contributed by atoms with Gasteiger partial charge in [0.15, 0.2) is 5.60 Å². The van der Waals surface area contributed by atoms with Gasteiger partial charge in [0.05, 0.1) is 13.7 Å². The van der Waals surface area contributed by atoms with Gasteiger partial charge in [-0.1, -0.05) is 0 Å². The summed E-state index contributed by atoms with van der Waals surface area (Å²) in [6.07, 6.45) is 2.00. The van der Waals surface area contributed by atoms with Gasteiger partial charge in [0.1, 0.15) is 0 Å². The van der Waals surface area contributed by atoms with E-state index in [4.69, 9.17) is 0 Å². The molecule has 0 aliphatic heterocycles. The Morgan fingerprint density at radius 3 is 2.53 bits per heavy atom. The Morgan fingerprint density at radius 2 is 2.06 bits per heavy atom. The lowest BCUT2D eigenvalue weighted by Gasteiger charge is -2.21. The van der Waals surface area contributed by atoms with Crippen molar-refractivity contribution >= 4 is 23.4 Å². The number of rotatable bonds is 5. The number of carbonyl (C=O) groups excluding carboxylic acids is 1. The highest BCUT2D eigenvalue weighted by atomic mass is 32.2. The van der Waals surface area contributed by atoms with Gasteiger partial charge >= 0.3 is 5.97 Å². The Kier molecular flexibility index (Phi) is 4.84. The highest BCUT2D eigenvalue weighted by molar-refractivity contribution is 7.98. The maximum absolute atomic E-state index is 11.2. The van der Waals surface area contributed by atoms with Crippen molar-refractivity contribution in [2.45, 2.75) is 17.4 Å². The molecule has 0 amide bonds. The van der Waals surface area contributed by atoms with Crippen LogP contribution in [0.4, 0.5) is 5.69 Å². The van der Waals surface area contributed by atoms with Crippen LogP contribution >= 0.6 is 11.8 Å². The average molecular weight is 255 g/mol. The highest BCUT2D eigenvalue weighted by Gasteiger charge is 2.30. The van der Waals surface area contributed by atoms with Crippen LogP contribution in [0.2, 0.25) is 0 Å². The van der Waals surface area contributed by atoms with Gasteiger partial charge in [-0.3, -0.25) is 0 Å². The summed E-state index contributed by atoms with van der Waals surface area (Å²) in [5.74, 6) is -0.647. The predicted molar refractivity (Wildman–Crippen MR) is 69.4 cm³/mol. The molecule has 0 saturated heterocycles. The third-order valence-corrected chi connectivity index (χ3v) is 3.10. The quantitative estimate of drug-likeness (QED) is 0.620. The summed E-state index contributed by atoms with van der Waals surface area (Å²) in [5, 5.41) is 12.8. The molecule has 0 aromatic heterocycles. The van der Waals surface area contributed by atoms with Crippen molar-refractivity contribution in [2.24, 2.45) is 0 Å². The molecule has 94 valence electrons. The molecule has 1 unspecified atom stereocenters. The number of benzene rings is 1. The van der Waals surface area contributed by atoms with Crippen LogP contribution < -0.4 is 5.32 Å². The second-order valence-electron chi connectivity index (χ2n) is 3.85. The maximum atomic E-state index is 11.2. The largest absolute Gasteiger partial charge is 0.467 e. The normalized spacial score (nSPS) is 13.9. The van der Waals surface area contributed by atoms with Gasteiger partial charge in [0, 0.05) is 10.6 Å². The van der Waals surface area contributed by atoms with E-state index in [0.29, 0.717) is 0 Å². The lowest BCUT2D eigenvalue weighted by molar-refractivity contribution is -0.158. The Hall–Kier alpha value is -1.20. The molecule has 0 saturated carbocycles. The number of aliphatic hydroxyl groups is 1. The molecule has 5 heteroatoms. The van der Waals surface area contributed by atoms with Gasteiger partial charge in [-0.2, -0.15) is 0 Å². The zero-order valence-corrected chi connectivity index (χ0v) is 11.0. The van der Waals surface area contributed by atoms with E-state index in [-0.39, 0.29) is 6.54 Å². The highest BCUT2D eigenvalue weighted by Crippen LogP contribution is 2.18. The number of hydrogen-bond donors (Lipinski definition) is 2. The molecule has 1 aromatic carbocycles. The minimum absolute atomic E-state index is 0.109. The minimum Gasteiger partial charge on any atom is -0.467 e. The Balaban J connectivity index is 2.57.